The molecule has 0 atom stereocenters. The quantitative estimate of drug-likeness (QED) is 0.184. The number of hydrogen-bond donors (Lipinski definition) is 0. The Kier molecular flexibility index (Phi) is 9.67. The molecule has 3 heteroatoms. The van der Waals surface area contributed by atoms with E-state index in [2.05, 4.69) is 6.58 Å². The summed E-state index contributed by atoms with van der Waals surface area (Å²) in [5.41, 5.74) is 0.382. The second-order valence-electron chi connectivity index (χ2n) is 5.38. The molecule has 0 spiro atoms. The molecule has 0 aromatic heterocycles. The summed E-state index contributed by atoms with van der Waals surface area (Å²) in [6, 6.07) is 8.51. The van der Waals surface area contributed by atoms with Gasteiger partial charge in [0.05, 0.1) is 6.61 Å². The standard InChI is InChI=1S/C19H26O3/c1-2-3-4-5-6-7-8-9-13-16-22-19(21)18(20)17-14-11-10-12-15-17/h2,10-12,14-15H,1,3-9,13,16H2. The van der Waals surface area contributed by atoms with Crippen LogP contribution in [0.25, 0.3) is 0 Å². The summed E-state index contributed by atoms with van der Waals surface area (Å²) in [5.74, 6) is -1.32. The summed E-state index contributed by atoms with van der Waals surface area (Å²) < 4.78 is 5.02. The summed E-state index contributed by atoms with van der Waals surface area (Å²) in [5, 5.41) is 0. The number of ether oxygens (including phenoxy) is 1. The molecule has 0 aliphatic rings. The van der Waals surface area contributed by atoms with Crippen molar-refractivity contribution >= 4 is 11.8 Å². The van der Waals surface area contributed by atoms with Crippen LogP contribution in [0.15, 0.2) is 43.0 Å². The van der Waals surface area contributed by atoms with Crippen molar-refractivity contribution in [3.63, 3.8) is 0 Å². The van der Waals surface area contributed by atoms with Crippen LogP contribution in [0.4, 0.5) is 0 Å². The molecular formula is C19H26O3. The first-order chi connectivity index (χ1) is 10.8. The van der Waals surface area contributed by atoms with Crippen LogP contribution in [-0.2, 0) is 9.53 Å². The number of ketones is 1. The van der Waals surface area contributed by atoms with Crippen LogP contribution in [-0.4, -0.2) is 18.4 Å². The third-order valence-electron chi connectivity index (χ3n) is 3.51. The van der Waals surface area contributed by atoms with E-state index < -0.39 is 11.8 Å². The van der Waals surface area contributed by atoms with E-state index in [1.807, 2.05) is 6.08 Å². The molecule has 120 valence electrons. The first-order valence-corrected chi connectivity index (χ1v) is 8.13. The first-order valence-electron chi connectivity index (χ1n) is 8.13. The minimum atomic E-state index is -0.754. The molecule has 1 rings (SSSR count). The van der Waals surface area contributed by atoms with Crippen LogP contribution in [0.5, 0.6) is 0 Å². The van der Waals surface area contributed by atoms with Crippen molar-refractivity contribution in [3.8, 4) is 0 Å². The van der Waals surface area contributed by atoms with Crippen molar-refractivity contribution in [2.24, 2.45) is 0 Å². The highest BCUT2D eigenvalue weighted by Gasteiger charge is 2.16. The lowest BCUT2D eigenvalue weighted by Crippen LogP contribution is -2.18. The van der Waals surface area contributed by atoms with Gasteiger partial charge in [-0.2, -0.15) is 0 Å². The van der Waals surface area contributed by atoms with Crippen molar-refractivity contribution in [3.05, 3.63) is 48.6 Å². The van der Waals surface area contributed by atoms with E-state index in [4.69, 9.17) is 4.74 Å². The summed E-state index contributed by atoms with van der Waals surface area (Å²) >= 11 is 0. The van der Waals surface area contributed by atoms with Crippen LogP contribution in [0.1, 0.15) is 61.7 Å². The predicted octanol–water partition coefficient (Wildman–Crippen LogP) is 4.72. The molecule has 3 nitrogen and oxygen atoms in total. The van der Waals surface area contributed by atoms with Crippen LogP contribution in [0, 0.1) is 0 Å². The van der Waals surface area contributed by atoms with Gasteiger partial charge in [-0.1, -0.05) is 68.5 Å². The van der Waals surface area contributed by atoms with E-state index in [0.29, 0.717) is 12.2 Å². The van der Waals surface area contributed by atoms with Gasteiger partial charge in [0.2, 0.25) is 0 Å². The fourth-order valence-corrected chi connectivity index (χ4v) is 2.21. The highest BCUT2D eigenvalue weighted by molar-refractivity contribution is 6.40. The number of carbonyl (C=O) groups excluding carboxylic acids is 2. The number of benzene rings is 1. The summed E-state index contributed by atoms with van der Waals surface area (Å²) in [4.78, 5) is 23.4. The molecule has 0 bridgehead atoms. The van der Waals surface area contributed by atoms with E-state index in [1.54, 1.807) is 30.3 Å². The number of rotatable bonds is 12. The van der Waals surface area contributed by atoms with Gasteiger partial charge in [-0.25, -0.2) is 4.79 Å². The largest absolute Gasteiger partial charge is 0.460 e. The van der Waals surface area contributed by atoms with Gasteiger partial charge in [0.15, 0.2) is 0 Å². The van der Waals surface area contributed by atoms with Crippen LogP contribution in [0.2, 0.25) is 0 Å². The number of hydrogen-bond acceptors (Lipinski definition) is 3. The second-order valence-corrected chi connectivity index (χ2v) is 5.38. The molecule has 0 saturated carbocycles. The smallest absolute Gasteiger partial charge is 0.379 e. The molecule has 22 heavy (non-hydrogen) atoms. The van der Waals surface area contributed by atoms with Gasteiger partial charge in [-0.3, -0.25) is 4.79 Å². The number of allylic oxidation sites excluding steroid dienone is 1. The van der Waals surface area contributed by atoms with Crippen molar-refractivity contribution in [2.75, 3.05) is 6.61 Å². The Labute approximate surface area is 133 Å². The van der Waals surface area contributed by atoms with E-state index in [-0.39, 0.29) is 0 Å². The molecule has 0 saturated heterocycles. The molecule has 0 amide bonds. The average molecular weight is 302 g/mol. The van der Waals surface area contributed by atoms with Crippen LogP contribution in [0.3, 0.4) is 0 Å². The van der Waals surface area contributed by atoms with Gasteiger partial charge in [0, 0.05) is 5.56 Å². The summed E-state index contributed by atoms with van der Waals surface area (Å²) in [6.07, 6.45) is 11.0. The lowest BCUT2D eigenvalue weighted by Gasteiger charge is -2.04. The maximum atomic E-state index is 11.8. The maximum absolute atomic E-state index is 11.8. The molecule has 0 radical (unpaired) electrons. The second kappa shape index (κ2) is 11.7. The average Bonchev–Trinajstić information content (AvgIpc) is 2.56. The molecular weight excluding hydrogens is 276 g/mol. The Bertz CT molecular complexity index is 451. The molecule has 1 aromatic rings. The minimum absolute atomic E-state index is 0.327. The van der Waals surface area contributed by atoms with Crippen molar-refractivity contribution in [1.82, 2.24) is 0 Å². The van der Waals surface area contributed by atoms with Crippen molar-refractivity contribution in [1.29, 1.82) is 0 Å². The van der Waals surface area contributed by atoms with Gasteiger partial charge in [-0.15, -0.1) is 6.58 Å². The molecule has 0 heterocycles. The highest BCUT2D eigenvalue weighted by atomic mass is 16.5. The Morgan fingerprint density at radius 2 is 1.50 bits per heavy atom. The fraction of sp³-hybridized carbons (Fsp3) is 0.474. The SMILES string of the molecule is C=CCCCCCCCCCOC(=O)C(=O)c1ccccc1. The first kappa shape index (κ1) is 18.1. The molecule has 0 N–H and O–H groups in total. The van der Waals surface area contributed by atoms with Gasteiger partial charge >= 0.3 is 5.97 Å². The van der Waals surface area contributed by atoms with Gasteiger partial charge < -0.3 is 4.74 Å². The molecule has 0 aliphatic carbocycles. The van der Waals surface area contributed by atoms with E-state index in [0.717, 1.165) is 25.7 Å². The third-order valence-corrected chi connectivity index (χ3v) is 3.51. The zero-order valence-electron chi connectivity index (χ0n) is 13.3. The number of esters is 1. The minimum Gasteiger partial charge on any atom is -0.460 e. The summed E-state index contributed by atoms with van der Waals surface area (Å²) in [7, 11) is 0. The van der Waals surface area contributed by atoms with Gasteiger partial charge in [0.1, 0.15) is 0 Å². The van der Waals surface area contributed by atoms with Crippen LogP contribution < -0.4 is 0 Å². The lowest BCUT2D eigenvalue weighted by molar-refractivity contribution is -0.138. The topological polar surface area (TPSA) is 43.4 Å². The third kappa shape index (κ3) is 7.77. The fourth-order valence-electron chi connectivity index (χ4n) is 2.21. The van der Waals surface area contributed by atoms with Gasteiger partial charge in [0.25, 0.3) is 5.78 Å². The zero-order valence-corrected chi connectivity index (χ0v) is 13.3. The molecule has 0 fully saturated rings. The summed E-state index contributed by atoms with van der Waals surface area (Å²) in [6.45, 7) is 4.04. The number of carbonyl (C=O) groups is 2. The number of Topliss-reactive ketones (excluding diaryl/α,β-unsaturated/α-hetero) is 1. The Morgan fingerprint density at radius 3 is 2.14 bits per heavy atom. The molecule has 0 unspecified atom stereocenters. The number of unbranched alkanes of at least 4 members (excludes halogenated alkanes) is 7. The highest BCUT2D eigenvalue weighted by Crippen LogP contribution is 2.09. The maximum Gasteiger partial charge on any atom is 0.379 e. The van der Waals surface area contributed by atoms with Crippen molar-refractivity contribution < 1.29 is 14.3 Å². The Balaban J connectivity index is 2.01. The molecule has 1 aromatic carbocycles. The van der Waals surface area contributed by atoms with E-state index in [1.165, 1.54) is 25.7 Å². The van der Waals surface area contributed by atoms with E-state index >= 15 is 0 Å². The monoisotopic (exact) mass is 302 g/mol. The normalized spacial score (nSPS) is 10.2. The Morgan fingerprint density at radius 1 is 0.909 bits per heavy atom. The van der Waals surface area contributed by atoms with Crippen molar-refractivity contribution in [2.45, 2.75) is 51.4 Å². The van der Waals surface area contributed by atoms with Gasteiger partial charge in [-0.05, 0) is 19.3 Å². The lowest BCUT2D eigenvalue weighted by atomic mass is 10.1. The van der Waals surface area contributed by atoms with Crippen LogP contribution >= 0.6 is 0 Å². The predicted molar refractivity (Wildman–Crippen MR) is 88.9 cm³/mol. The zero-order chi connectivity index (χ0) is 16.0. The molecule has 0 aliphatic heterocycles. The Hall–Kier alpha value is -1.90. The van der Waals surface area contributed by atoms with E-state index in [9.17, 15) is 9.59 Å².